The van der Waals surface area contributed by atoms with Crippen LogP contribution >= 0.6 is 0 Å². The molecular weight excluding hydrogens is 210 g/mol. The van der Waals surface area contributed by atoms with Crippen LogP contribution in [-0.2, 0) is 5.41 Å². The van der Waals surface area contributed by atoms with Crippen molar-refractivity contribution >= 4 is 5.69 Å². The van der Waals surface area contributed by atoms with E-state index >= 15 is 0 Å². The van der Waals surface area contributed by atoms with Crippen molar-refractivity contribution in [2.75, 3.05) is 19.0 Å². The summed E-state index contributed by atoms with van der Waals surface area (Å²) in [5.74, 6) is -1.75. The van der Waals surface area contributed by atoms with Gasteiger partial charge >= 0.3 is 0 Å². The maximum absolute atomic E-state index is 13.7. The Morgan fingerprint density at radius 3 is 2.38 bits per heavy atom. The first kappa shape index (κ1) is 10.9. The van der Waals surface area contributed by atoms with Crippen LogP contribution in [0.1, 0.15) is 18.4 Å². The molecule has 0 atom stereocenters. The molecule has 0 aromatic heterocycles. The average Bonchev–Trinajstić information content (AvgIpc) is 3.02. The van der Waals surface area contributed by atoms with Gasteiger partial charge in [0, 0.05) is 14.1 Å². The highest BCUT2D eigenvalue weighted by Gasteiger charge is 2.47. The van der Waals surface area contributed by atoms with Crippen LogP contribution in [0.3, 0.4) is 0 Å². The van der Waals surface area contributed by atoms with Crippen LogP contribution in [-0.4, -0.2) is 14.1 Å². The van der Waals surface area contributed by atoms with E-state index in [1.54, 1.807) is 14.1 Å². The summed E-state index contributed by atoms with van der Waals surface area (Å²) in [6.07, 6.45) is 1.44. The van der Waals surface area contributed by atoms with E-state index in [-0.39, 0.29) is 5.69 Å². The van der Waals surface area contributed by atoms with Gasteiger partial charge in [-0.3, -0.25) is 0 Å². The van der Waals surface area contributed by atoms with Gasteiger partial charge in [0.25, 0.3) is 0 Å². The van der Waals surface area contributed by atoms with Crippen molar-refractivity contribution in [1.82, 2.24) is 0 Å². The second kappa shape index (κ2) is 3.44. The summed E-state index contributed by atoms with van der Waals surface area (Å²) in [4.78, 5) is 1.52. The zero-order valence-electron chi connectivity index (χ0n) is 9.22. The number of halogens is 2. The fraction of sp³-hybridized carbons (Fsp3) is 0.417. The van der Waals surface area contributed by atoms with Crippen LogP contribution in [0.2, 0.25) is 0 Å². The lowest BCUT2D eigenvalue weighted by molar-refractivity contribution is 0.506. The monoisotopic (exact) mass is 222 g/mol. The van der Waals surface area contributed by atoms with Crippen LogP contribution < -0.4 is 4.90 Å². The third-order valence-electron chi connectivity index (χ3n) is 3.00. The number of anilines is 1. The van der Waals surface area contributed by atoms with Crippen LogP contribution in [0.5, 0.6) is 0 Å². The molecule has 2 rings (SSSR count). The largest absolute Gasteiger partial charge is 0.375 e. The van der Waals surface area contributed by atoms with Crippen molar-refractivity contribution < 1.29 is 8.78 Å². The Kier molecular flexibility index (Phi) is 2.34. The third kappa shape index (κ3) is 1.44. The van der Waals surface area contributed by atoms with Crippen molar-refractivity contribution in [2.24, 2.45) is 0 Å². The molecule has 16 heavy (non-hydrogen) atoms. The van der Waals surface area contributed by atoms with Gasteiger partial charge in [-0.25, -0.2) is 8.78 Å². The van der Waals surface area contributed by atoms with Crippen LogP contribution in [0.15, 0.2) is 12.1 Å². The van der Waals surface area contributed by atoms with E-state index in [0.29, 0.717) is 5.56 Å². The molecule has 1 fully saturated rings. The predicted octanol–water partition coefficient (Wildman–Crippen LogP) is 2.59. The zero-order chi connectivity index (χ0) is 11.9. The zero-order valence-corrected chi connectivity index (χ0v) is 9.22. The average molecular weight is 222 g/mol. The van der Waals surface area contributed by atoms with Gasteiger partial charge in [0.15, 0.2) is 11.6 Å². The van der Waals surface area contributed by atoms with E-state index in [4.69, 9.17) is 5.26 Å². The van der Waals surface area contributed by atoms with Crippen molar-refractivity contribution in [2.45, 2.75) is 18.3 Å². The standard InChI is InChI=1S/C12H12F2N2/c1-16(2)11-8(12(7-15)5-6-12)3-4-9(13)10(11)14/h3-4H,5-6H2,1-2H3. The van der Waals surface area contributed by atoms with Gasteiger partial charge in [-0.05, 0) is 24.5 Å². The number of nitrogens with zero attached hydrogens (tertiary/aromatic N) is 2. The van der Waals surface area contributed by atoms with Crippen molar-refractivity contribution in [1.29, 1.82) is 5.26 Å². The van der Waals surface area contributed by atoms with Crippen LogP contribution in [0.4, 0.5) is 14.5 Å². The molecule has 0 unspecified atom stereocenters. The first-order valence-electron chi connectivity index (χ1n) is 5.09. The van der Waals surface area contributed by atoms with Gasteiger partial charge in [-0.1, -0.05) is 6.07 Å². The summed E-state index contributed by atoms with van der Waals surface area (Å²) in [6, 6.07) is 4.81. The summed E-state index contributed by atoms with van der Waals surface area (Å²) in [5, 5.41) is 9.09. The second-order valence-electron chi connectivity index (χ2n) is 4.35. The quantitative estimate of drug-likeness (QED) is 0.769. The molecule has 0 bridgehead atoms. The lowest BCUT2D eigenvalue weighted by atomic mass is 9.95. The molecule has 0 saturated heterocycles. The van der Waals surface area contributed by atoms with E-state index in [9.17, 15) is 8.78 Å². The topological polar surface area (TPSA) is 27.0 Å². The van der Waals surface area contributed by atoms with Crippen molar-refractivity contribution in [3.8, 4) is 6.07 Å². The van der Waals surface area contributed by atoms with Gasteiger partial charge < -0.3 is 4.90 Å². The SMILES string of the molecule is CN(C)c1c(C2(C#N)CC2)ccc(F)c1F. The number of hydrogen-bond acceptors (Lipinski definition) is 2. The molecule has 84 valence electrons. The van der Waals surface area contributed by atoms with Gasteiger partial charge in [0.2, 0.25) is 0 Å². The molecule has 0 aliphatic heterocycles. The number of benzene rings is 1. The van der Waals surface area contributed by atoms with Gasteiger partial charge in [0.1, 0.15) is 0 Å². The molecule has 1 aromatic carbocycles. The molecular formula is C12H12F2N2. The molecule has 1 aromatic rings. The van der Waals surface area contributed by atoms with Crippen LogP contribution in [0, 0.1) is 23.0 Å². The Labute approximate surface area is 93.1 Å². The maximum Gasteiger partial charge on any atom is 0.182 e. The molecule has 2 nitrogen and oxygen atoms in total. The summed E-state index contributed by atoms with van der Waals surface area (Å²) in [6.45, 7) is 0. The van der Waals surface area contributed by atoms with E-state index < -0.39 is 17.0 Å². The minimum Gasteiger partial charge on any atom is -0.375 e. The van der Waals surface area contributed by atoms with E-state index in [2.05, 4.69) is 6.07 Å². The normalized spacial score (nSPS) is 16.7. The molecule has 0 heterocycles. The predicted molar refractivity (Wildman–Crippen MR) is 57.2 cm³/mol. The molecule has 0 radical (unpaired) electrons. The van der Waals surface area contributed by atoms with Gasteiger partial charge in [-0.2, -0.15) is 5.26 Å². The Bertz CT molecular complexity index is 471. The number of hydrogen-bond donors (Lipinski definition) is 0. The molecule has 4 heteroatoms. The van der Waals surface area contributed by atoms with E-state index in [1.165, 1.54) is 11.0 Å². The Morgan fingerprint density at radius 2 is 1.94 bits per heavy atom. The smallest absolute Gasteiger partial charge is 0.182 e. The Hall–Kier alpha value is -1.63. The Balaban J connectivity index is 2.63. The van der Waals surface area contributed by atoms with Gasteiger partial charge in [-0.15, -0.1) is 0 Å². The minimum atomic E-state index is -0.874. The van der Waals surface area contributed by atoms with Crippen LogP contribution in [0.25, 0.3) is 0 Å². The fourth-order valence-electron chi connectivity index (χ4n) is 1.93. The summed E-state index contributed by atoms with van der Waals surface area (Å²) >= 11 is 0. The molecule has 1 saturated carbocycles. The number of rotatable bonds is 2. The lowest BCUT2D eigenvalue weighted by Crippen LogP contribution is -2.18. The highest BCUT2D eigenvalue weighted by atomic mass is 19.2. The summed E-state index contributed by atoms with van der Waals surface area (Å²) in [5.41, 5.74) is 0.187. The minimum absolute atomic E-state index is 0.194. The van der Waals surface area contributed by atoms with Crippen molar-refractivity contribution in [3.63, 3.8) is 0 Å². The van der Waals surface area contributed by atoms with Crippen molar-refractivity contribution in [3.05, 3.63) is 29.3 Å². The molecule has 1 aliphatic carbocycles. The first-order chi connectivity index (χ1) is 7.52. The second-order valence-corrected chi connectivity index (χ2v) is 4.35. The highest BCUT2D eigenvalue weighted by molar-refractivity contribution is 5.61. The lowest BCUT2D eigenvalue weighted by Gasteiger charge is -2.20. The molecule has 0 spiro atoms. The van der Waals surface area contributed by atoms with E-state index in [0.717, 1.165) is 18.9 Å². The van der Waals surface area contributed by atoms with E-state index in [1.807, 2.05) is 0 Å². The van der Waals surface area contributed by atoms with Gasteiger partial charge in [0.05, 0.1) is 17.2 Å². The first-order valence-corrected chi connectivity index (χ1v) is 5.09. The third-order valence-corrected chi connectivity index (χ3v) is 3.00. The maximum atomic E-state index is 13.7. The summed E-state index contributed by atoms with van der Waals surface area (Å²) < 4.78 is 26.8. The highest BCUT2D eigenvalue weighted by Crippen LogP contribution is 2.51. The summed E-state index contributed by atoms with van der Waals surface area (Å²) in [7, 11) is 3.30. The number of nitriles is 1. The fourth-order valence-corrected chi connectivity index (χ4v) is 1.93. The Morgan fingerprint density at radius 1 is 1.31 bits per heavy atom. The molecule has 0 amide bonds. The molecule has 0 N–H and O–H groups in total. The molecule has 1 aliphatic rings.